The van der Waals surface area contributed by atoms with Crippen LogP contribution in [0.4, 0.5) is 0 Å². The highest BCUT2D eigenvalue weighted by Crippen LogP contribution is 2.60. The normalized spacial score (nSPS) is 35.7. The van der Waals surface area contributed by atoms with Gasteiger partial charge in [0.25, 0.3) is 0 Å². The molecule has 6 nitrogen and oxygen atoms in total. The lowest BCUT2D eigenvalue weighted by molar-refractivity contribution is -0.140. The van der Waals surface area contributed by atoms with E-state index in [1.54, 1.807) is 7.05 Å². The number of guanidine groups is 1. The van der Waals surface area contributed by atoms with Crippen LogP contribution >= 0.6 is 0 Å². The molecule has 0 aromatic heterocycles. The van der Waals surface area contributed by atoms with Gasteiger partial charge in [0.2, 0.25) is 11.8 Å². The van der Waals surface area contributed by atoms with Crippen molar-refractivity contribution in [2.24, 2.45) is 40.0 Å². The van der Waals surface area contributed by atoms with E-state index in [1.165, 1.54) is 30.6 Å². The average Bonchev–Trinajstić information content (AvgIpc) is 3.57. The van der Waals surface area contributed by atoms with Gasteiger partial charge in [-0.2, -0.15) is 0 Å². The van der Waals surface area contributed by atoms with E-state index in [0.29, 0.717) is 30.3 Å². The van der Waals surface area contributed by atoms with Crippen molar-refractivity contribution < 1.29 is 9.59 Å². The Labute approximate surface area is 160 Å². The maximum atomic E-state index is 12.7. The summed E-state index contributed by atoms with van der Waals surface area (Å²) in [7, 11) is 1.80. The molecule has 1 heterocycles. The van der Waals surface area contributed by atoms with Gasteiger partial charge >= 0.3 is 0 Å². The molecule has 0 aromatic carbocycles. The van der Waals surface area contributed by atoms with Gasteiger partial charge in [0.1, 0.15) is 0 Å². The summed E-state index contributed by atoms with van der Waals surface area (Å²) in [4.78, 5) is 31.2. The van der Waals surface area contributed by atoms with Crippen molar-refractivity contribution in [2.45, 2.75) is 38.5 Å². The number of carbonyl (C=O) groups is 2. The van der Waals surface area contributed by atoms with Crippen LogP contribution in [0.25, 0.3) is 0 Å². The summed E-state index contributed by atoms with van der Waals surface area (Å²) in [6.07, 6.45) is 11.5. The number of nitrogens with one attached hydrogen (secondary N) is 2. The highest BCUT2D eigenvalue weighted by Gasteiger charge is 2.59. The number of rotatable bonds is 7. The van der Waals surface area contributed by atoms with Crippen LogP contribution in [0.5, 0.6) is 0 Å². The van der Waals surface area contributed by atoms with Gasteiger partial charge in [-0.25, -0.2) is 0 Å². The van der Waals surface area contributed by atoms with Crippen molar-refractivity contribution in [3.63, 3.8) is 0 Å². The van der Waals surface area contributed by atoms with Crippen LogP contribution < -0.4 is 10.6 Å². The molecule has 5 rings (SSSR count). The SMILES string of the molecule is CN=C(NCCCN1C(=O)C2C3C=CC(C3)C2C1=O)NCC1(C2CC2)CC1. The van der Waals surface area contributed by atoms with E-state index in [4.69, 9.17) is 0 Å². The van der Waals surface area contributed by atoms with Gasteiger partial charge in [-0.1, -0.05) is 12.2 Å². The van der Waals surface area contributed by atoms with Gasteiger partial charge in [-0.05, 0) is 61.7 Å². The molecular formula is C21H30N4O2. The number of amides is 2. The molecule has 146 valence electrons. The summed E-state index contributed by atoms with van der Waals surface area (Å²) in [5, 5.41) is 6.82. The van der Waals surface area contributed by atoms with E-state index in [9.17, 15) is 9.59 Å². The second kappa shape index (κ2) is 6.35. The van der Waals surface area contributed by atoms with Gasteiger partial charge in [-0.3, -0.25) is 19.5 Å². The molecule has 1 saturated heterocycles. The maximum Gasteiger partial charge on any atom is 0.233 e. The van der Waals surface area contributed by atoms with Crippen molar-refractivity contribution in [1.29, 1.82) is 0 Å². The number of hydrogen-bond acceptors (Lipinski definition) is 3. The molecule has 6 heteroatoms. The Morgan fingerprint density at radius 3 is 2.37 bits per heavy atom. The average molecular weight is 370 g/mol. The third kappa shape index (κ3) is 2.88. The second-order valence-corrected chi connectivity index (χ2v) is 9.17. The fourth-order valence-electron chi connectivity index (χ4n) is 5.69. The van der Waals surface area contributed by atoms with E-state index in [-0.39, 0.29) is 23.7 Å². The maximum absolute atomic E-state index is 12.7. The predicted molar refractivity (Wildman–Crippen MR) is 103 cm³/mol. The second-order valence-electron chi connectivity index (χ2n) is 9.17. The quantitative estimate of drug-likeness (QED) is 0.234. The van der Waals surface area contributed by atoms with Gasteiger partial charge in [-0.15, -0.1) is 0 Å². The molecule has 1 aliphatic heterocycles. The van der Waals surface area contributed by atoms with E-state index in [1.807, 2.05) is 0 Å². The molecule has 2 amide bonds. The molecule has 0 spiro atoms. The summed E-state index contributed by atoms with van der Waals surface area (Å²) < 4.78 is 0. The van der Waals surface area contributed by atoms with Crippen LogP contribution in [-0.2, 0) is 9.59 Å². The first kappa shape index (κ1) is 17.3. The van der Waals surface area contributed by atoms with E-state index in [2.05, 4.69) is 27.8 Å². The van der Waals surface area contributed by atoms with Gasteiger partial charge in [0.15, 0.2) is 5.96 Å². The van der Waals surface area contributed by atoms with Crippen molar-refractivity contribution in [1.82, 2.24) is 15.5 Å². The molecule has 4 atom stereocenters. The number of carbonyl (C=O) groups excluding carboxylic acids is 2. The van der Waals surface area contributed by atoms with E-state index in [0.717, 1.165) is 31.3 Å². The highest BCUT2D eigenvalue weighted by atomic mass is 16.2. The minimum absolute atomic E-state index is 0.0597. The Morgan fingerprint density at radius 2 is 1.81 bits per heavy atom. The number of imide groups is 1. The molecule has 4 unspecified atom stereocenters. The van der Waals surface area contributed by atoms with E-state index < -0.39 is 0 Å². The molecule has 2 bridgehead atoms. The summed E-state index contributed by atoms with van der Waals surface area (Å²) >= 11 is 0. The third-order valence-electron chi connectivity index (χ3n) is 7.58. The number of allylic oxidation sites excluding steroid dienone is 2. The Hall–Kier alpha value is -1.85. The Bertz CT molecular complexity index is 677. The van der Waals surface area contributed by atoms with Gasteiger partial charge in [0, 0.05) is 26.7 Å². The molecular weight excluding hydrogens is 340 g/mol. The highest BCUT2D eigenvalue weighted by molar-refractivity contribution is 6.06. The topological polar surface area (TPSA) is 73.8 Å². The molecule has 4 aliphatic carbocycles. The molecule has 5 aliphatic rings. The first-order chi connectivity index (χ1) is 13.1. The van der Waals surface area contributed by atoms with Crippen LogP contribution in [0.1, 0.15) is 38.5 Å². The lowest BCUT2D eigenvalue weighted by Crippen LogP contribution is -2.42. The van der Waals surface area contributed by atoms with Crippen LogP contribution in [0, 0.1) is 35.0 Å². The number of nitrogens with zero attached hydrogens (tertiary/aromatic N) is 2. The molecule has 0 aromatic rings. The standard InChI is InChI=1S/C21H30N4O2/c1-22-20(24-12-21(7-8-21)15-5-6-15)23-9-2-10-25-18(26)16-13-3-4-14(11-13)17(16)19(25)27/h3-4,13-17H,2,5-12H2,1H3,(H2,22,23,24). The number of hydrogen-bond donors (Lipinski definition) is 2. The number of aliphatic imine (C=N–C) groups is 1. The minimum Gasteiger partial charge on any atom is -0.356 e. The van der Waals surface area contributed by atoms with Crippen LogP contribution in [-0.4, -0.2) is 49.4 Å². The smallest absolute Gasteiger partial charge is 0.233 e. The Morgan fingerprint density at radius 1 is 1.15 bits per heavy atom. The Kier molecular flexibility index (Phi) is 4.06. The molecule has 0 radical (unpaired) electrons. The zero-order valence-corrected chi connectivity index (χ0v) is 16.1. The minimum atomic E-state index is -0.0768. The number of likely N-dealkylation sites (tertiary alicyclic amines) is 1. The largest absolute Gasteiger partial charge is 0.356 e. The van der Waals surface area contributed by atoms with Crippen LogP contribution in [0.2, 0.25) is 0 Å². The summed E-state index contributed by atoms with van der Waals surface area (Å²) in [5.41, 5.74) is 0.539. The first-order valence-electron chi connectivity index (χ1n) is 10.6. The molecule has 4 fully saturated rings. The molecule has 3 saturated carbocycles. The van der Waals surface area contributed by atoms with Crippen LogP contribution in [0.15, 0.2) is 17.1 Å². The summed E-state index contributed by atoms with van der Waals surface area (Å²) in [6.45, 7) is 2.24. The zero-order valence-electron chi connectivity index (χ0n) is 16.1. The van der Waals surface area contributed by atoms with Gasteiger partial charge in [0.05, 0.1) is 11.8 Å². The van der Waals surface area contributed by atoms with Crippen molar-refractivity contribution >= 4 is 17.8 Å². The summed E-state index contributed by atoms with van der Waals surface area (Å²) in [6, 6.07) is 0. The van der Waals surface area contributed by atoms with Crippen molar-refractivity contribution in [3.8, 4) is 0 Å². The number of fused-ring (bicyclic) bond motifs is 5. The predicted octanol–water partition coefficient (Wildman–Crippen LogP) is 1.54. The van der Waals surface area contributed by atoms with Crippen molar-refractivity contribution in [3.05, 3.63) is 12.2 Å². The third-order valence-corrected chi connectivity index (χ3v) is 7.58. The van der Waals surface area contributed by atoms with Gasteiger partial charge < -0.3 is 10.6 Å². The fourth-order valence-corrected chi connectivity index (χ4v) is 5.69. The fraction of sp³-hybridized carbons (Fsp3) is 0.762. The van der Waals surface area contributed by atoms with Crippen molar-refractivity contribution in [2.75, 3.05) is 26.7 Å². The zero-order chi connectivity index (χ0) is 18.6. The summed E-state index contributed by atoms with van der Waals surface area (Å²) in [5.74, 6) is 2.32. The molecule has 2 N–H and O–H groups in total. The van der Waals surface area contributed by atoms with Crippen LogP contribution in [0.3, 0.4) is 0 Å². The monoisotopic (exact) mass is 370 g/mol. The Balaban J connectivity index is 1.07. The lowest BCUT2D eigenvalue weighted by Gasteiger charge is -2.19. The van der Waals surface area contributed by atoms with E-state index >= 15 is 0 Å². The lowest BCUT2D eigenvalue weighted by atomic mass is 9.85. The first-order valence-corrected chi connectivity index (χ1v) is 10.6. The molecule has 27 heavy (non-hydrogen) atoms.